The van der Waals surface area contributed by atoms with Gasteiger partial charge in [0.15, 0.2) is 0 Å². The second-order valence-electron chi connectivity index (χ2n) is 3.27. The summed E-state index contributed by atoms with van der Waals surface area (Å²) in [5, 5.41) is 9.10. The second-order valence-corrected chi connectivity index (χ2v) is 3.27. The molecule has 1 aromatic carbocycles. The van der Waals surface area contributed by atoms with E-state index in [1.807, 2.05) is 30.5 Å². The maximum atomic E-state index is 10.7. The van der Waals surface area contributed by atoms with E-state index in [4.69, 9.17) is 5.11 Å². The topological polar surface area (TPSA) is 53.1 Å². The molecule has 2 aromatic rings. The highest BCUT2D eigenvalue weighted by Crippen LogP contribution is 2.20. The number of aliphatic hydroxyl groups is 1. The Labute approximate surface area is 87.4 Å². The number of aromatic amines is 1. The van der Waals surface area contributed by atoms with Crippen LogP contribution in [0, 0.1) is 0 Å². The van der Waals surface area contributed by atoms with E-state index in [9.17, 15) is 4.79 Å². The molecule has 0 amide bonds. The Morgan fingerprint density at radius 2 is 2.20 bits per heavy atom. The van der Waals surface area contributed by atoms with Crippen LogP contribution in [0.1, 0.15) is 15.9 Å². The molecule has 76 valence electrons. The van der Waals surface area contributed by atoms with Gasteiger partial charge in [0.2, 0.25) is 0 Å². The summed E-state index contributed by atoms with van der Waals surface area (Å²) < 4.78 is 0. The van der Waals surface area contributed by atoms with E-state index >= 15 is 0 Å². The number of carbonyl (C=O) groups excluding carboxylic acids is 1. The molecule has 2 rings (SSSR count). The number of aromatic nitrogens is 1. The van der Waals surface area contributed by atoms with Crippen LogP contribution in [-0.2, 0) is 6.61 Å². The molecule has 0 spiro atoms. The van der Waals surface area contributed by atoms with Crippen LogP contribution in [0.25, 0.3) is 11.3 Å². The van der Waals surface area contributed by atoms with Crippen LogP contribution in [0.2, 0.25) is 0 Å². The molecular weight excluding hydrogens is 190 g/mol. The van der Waals surface area contributed by atoms with E-state index in [-0.39, 0.29) is 6.61 Å². The van der Waals surface area contributed by atoms with Gasteiger partial charge >= 0.3 is 0 Å². The number of hydrogen-bond acceptors (Lipinski definition) is 2. The van der Waals surface area contributed by atoms with Crippen molar-refractivity contribution in [2.24, 2.45) is 0 Å². The first-order valence-corrected chi connectivity index (χ1v) is 4.68. The van der Waals surface area contributed by atoms with Gasteiger partial charge in [-0.3, -0.25) is 4.79 Å². The van der Waals surface area contributed by atoms with Crippen LogP contribution in [0.5, 0.6) is 0 Å². The average Bonchev–Trinajstić information content (AvgIpc) is 2.81. The summed E-state index contributed by atoms with van der Waals surface area (Å²) in [4.78, 5) is 13.7. The third kappa shape index (κ3) is 1.82. The van der Waals surface area contributed by atoms with Crippen molar-refractivity contribution in [1.29, 1.82) is 0 Å². The van der Waals surface area contributed by atoms with Crippen LogP contribution >= 0.6 is 0 Å². The van der Waals surface area contributed by atoms with E-state index in [0.29, 0.717) is 11.1 Å². The van der Waals surface area contributed by atoms with Crippen molar-refractivity contribution in [2.45, 2.75) is 6.61 Å². The molecule has 0 atom stereocenters. The largest absolute Gasteiger partial charge is 0.392 e. The predicted octanol–water partition coefficient (Wildman–Crippen LogP) is 1.99. The highest BCUT2D eigenvalue weighted by Gasteiger charge is 2.04. The Hall–Kier alpha value is -1.87. The summed E-state index contributed by atoms with van der Waals surface area (Å²) in [5.41, 5.74) is 3.13. The number of rotatable bonds is 3. The zero-order valence-electron chi connectivity index (χ0n) is 8.10. The molecule has 1 aromatic heterocycles. The fraction of sp³-hybridized carbons (Fsp3) is 0.0833. The number of aliphatic hydroxyl groups excluding tert-OH is 1. The Bertz CT molecular complexity index is 460. The molecule has 0 fully saturated rings. The molecular formula is C12H11NO2. The lowest BCUT2D eigenvalue weighted by atomic mass is 10.0. The Kier molecular flexibility index (Phi) is 2.65. The van der Waals surface area contributed by atoms with Crippen molar-refractivity contribution < 1.29 is 9.90 Å². The Morgan fingerprint density at radius 3 is 2.80 bits per heavy atom. The molecule has 0 radical (unpaired) electrons. The monoisotopic (exact) mass is 201 g/mol. The summed E-state index contributed by atoms with van der Waals surface area (Å²) in [6.07, 6.45) is 2.59. The molecule has 3 heteroatoms. The van der Waals surface area contributed by atoms with Crippen LogP contribution in [0.3, 0.4) is 0 Å². The minimum Gasteiger partial charge on any atom is -0.392 e. The summed E-state index contributed by atoms with van der Waals surface area (Å²) in [6.45, 7) is -0.122. The summed E-state index contributed by atoms with van der Waals surface area (Å²) in [6, 6.07) is 9.23. The number of H-pyrrole nitrogens is 1. The maximum absolute atomic E-state index is 10.7. The third-order valence-electron chi connectivity index (χ3n) is 2.35. The van der Waals surface area contributed by atoms with Gasteiger partial charge in [0.05, 0.1) is 6.61 Å². The highest BCUT2D eigenvalue weighted by atomic mass is 16.3. The molecule has 0 unspecified atom stereocenters. The Morgan fingerprint density at radius 1 is 1.33 bits per heavy atom. The third-order valence-corrected chi connectivity index (χ3v) is 2.35. The average molecular weight is 201 g/mol. The van der Waals surface area contributed by atoms with Crippen LogP contribution in [0.15, 0.2) is 36.5 Å². The lowest BCUT2D eigenvalue weighted by molar-refractivity contribution is 0.112. The fourth-order valence-corrected chi connectivity index (χ4v) is 1.54. The van der Waals surface area contributed by atoms with Crippen molar-refractivity contribution in [3.8, 4) is 11.3 Å². The van der Waals surface area contributed by atoms with Gasteiger partial charge in [-0.2, -0.15) is 0 Å². The minimum atomic E-state index is -0.122. The number of aldehydes is 1. The first-order valence-electron chi connectivity index (χ1n) is 4.68. The van der Waals surface area contributed by atoms with Gasteiger partial charge in [-0.05, 0) is 29.3 Å². The van der Waals surface area contributed by atoms with E-state index in [1.54, 1.807) is 6.07 Å². The van der Waals surface area contributed by atoms with Crippen molar-refractivity contribution in [1.82, 2.24) is 4.98 Å². The Balaban J connectivity index is 2.48. The van der Waals surface area contributed by atoms with Crippen molar-refractivity contribution in [3.05, 3.63) is 47.7 Å². The van der Waals surface area contributed by atoms with E-state index < -0.39 is 0 Å². The van der Waals surface area contributed by atoms with Crippen molar-refractivity contribution in [2.75, 3.05) is 0 Å². The number of hydrogen-bond donors (Lipinski definition) is 2. The van der Waals surface area contributed by atoms with Gasteiger partial charge in [0.1, 0.15) is 6.29 Å². The molecule has 0 aliphatic carbocycles. The summed E-state index contributed by atoms with van der Waals surface area (Å²) in [5.74, 6) is 0. The maximum Gasteiger partial charge on any atom is 0.150 e. The lowest BCUT2D eigenvalue weighted by Crippen LogP contribution is -1.93. The summed E-state index contributed by atoms with van der Waals surface area (Å²) >= 11 is 0. The van der Waals surface area contributed by atoms with Gasteiger partial charge in [-0.15, -0.1) is 0 Å². The quantitative estimate of drug-likeness (QED) is 0.746. The van der Waals surface area contributed by atoms with Gasteiger partial charge in [-0.25, -0.2) is 0 Å². The SMILES string of the molecule is O=Cc1ccc(-c2ccc[nH]2)cc1CO. The van der Waals surface area contributed by atoms with Crippen LogP contribution < -0.4 is 0 Å². The lowest BCUT2D eigenvalue weighted by Gasteiger charge is -2.04. The first-order chi connectivity index (χ1) is 7.35. The smallest absolute Gasteiger partial charge is 0.150 e. The normalized spacial score (nSPS) is 10.2. The summed E-state index contributed by atoms with van der Waals surface area (Å²) in [7, 11) is 0. The fourth-order valence-electron chi connectivity index (χ4n) is 1.54. The second kappa shape index (κ2) is 4.11. The zero-order valence-corrected chi connectivity index (χ0v) is 8.10. The van der Waals surface area contributed by atoms with E-state index in [1.165, 1.54) is 0 Å². The zero-order chi connectivity index (χ0) is 10.7. The van der Waals surface area contributed by atoms with Gasteiger partial charge < -0.3 is 10.1 Å². The number of carbonyl (C=O) groups is 1. The molecule has 2 N–H and O–H groups in total. The molecule has 3 nitrogen and oxygen atoms in total. The minimum absolute atomic E-state index is 0.122. The van der Waals surface area contributed by atoms with E-state index in [2.05, 4.69) is 4.98 Å². The molecule has 0 saturated carbocycles. The molecule has 0 aliphatic heterocycles. The number of nitrogens with one attached hydrogen (secondary N) is 1. The van der Waals surface area contributed by atoms with Gasteiger partial charge in [-0.1, -0.05) is 12.1 Å². The molecule has 15 heavy (non-hydrogen) atoms. The first kappa shape index (κ1) is 9.68. The van der Waals surface area contributed by atoms with Crippen molar-refractivity contribution in [3.63, 3.8) is 0 Å². The van der Waals surface area contributed by atoms with Crippen molar-refractivity contribution >= 4 is 6.29 Å². The van der Waals surface area contributed by atoms with Crippen LogP contribution in [-0.4, -0.2) is 16.4 Å². The molecule has 1 heterocycles. The van der Waals surface area contributed by atoms with Crippen LogP contribution in [0.4, 0.5) is 0 Å². The molecule has 0 saturated heterocycles. The number of benzene rings is 1. The molecule has 0 aliphatic rings. The standard InChI is InChI=1S/C12H11NO2/c14-7-10-4-3-9(6-11(10)8-15)12-2-1-5-13-12/h1-7,13,15H,8H2. The molecule has 0 bridgehead atoms. The van der Waals surface area contributed by atoms with Gasteiger partial charge in [0.25, 0.3) is 0 Å². The van der Waals surface area contributed by atoms with Gasteiger partial charge in [0, 0.05) is 17.5 Å². The van der Waals surface area contributed by atoms with E-state index in [0.717, 1.165) is 17.5 Å². The predicted molar refractivity (Wildman–Crippen MR) is 57.5 cm³/mol. The highest BCUT2D eigenvalue weighted by molar-refractivity contribution is 5.79.